The van der Waals surface area contributed by atoms with E-state index in [1.807, 2.05) is 30.0 Å². The average Bonchev–Trinajstić information content (AvgIpc) is 3.40. The predicted molar refractivity (Wildman–Crippen MR) is 114 cm³/mol. The predicted octanol–water partition coefficient (Wildman–Crippen LogP) is 3.98. The molecule has 3 aromatic rings. The molecule has 170 valence electrons. The number of hydrogen-bond donors (Lipinski definition) is 1. The van der Waals surface area contributed by atoms with Crippen LogP contribution in [0.15, 0.2) is 48.9 Å². The van der Waals surface area contributed by atoms with Crippen molar-refractivity contribution in [2.75, 3.05) is 11.9 Å². The van der Waals surface area contributed by atoms with Gasteiger partial charge in [-0.3, -0.25) is 14.8 Å². The maximum absolute atomic E-state index is 13.6. The Balaban J connectivity index is 1.37. The van der Waals surface area contributed by atoms with Gasteiger partial charge in [0.05, 0.1) is 29.7 Å². The van der Waals surface area contributed by atoms with Gasteiger partial charge in [-0.2, -0.15) is 13.2 Å². The first-order valence-electron chi connectivity index (χ1n) is 10.7. The second kappa shape index (κ2) is 8.09. The molecule has 2 aliphatic rings. The largest absolute Gasteiger partial charge is 0.434 e. The molecule has 3 atom stereocenters. The van der Waals surface area contributed by atoms with Gasteiger partial charge in [0.25, 0.3) is 5.91 Å². The van der Waals surface area contributed by atoms with Crippen LogP contribution in [0.3, 0.4) is 0 Å². The van der Waals surface area contributed by atoms with Crippen LogP contribution in [0.4, 0.5) is 19.0 Å². The van der Waals surface area contributed by atoms with Crippen LogP contribution in [0.5, 0.6) is 0 Å². The third kappa shape index (κ3) is 4.12. The lowest BCUT2D eigenvalue weighted by molar-refractivity contribution is -0.141. The fourth-order valence-electron chi connectivity index (χ4n) is 4.73. The van der Waals surface area contributed by atoms with Crippen LogP contribution in [-0.4, -0.2) is 49.4 Å². The highest BCUT2D eigenvalue weighted by molar-refractivity contribution is 6.00. The summed E-state index contributed by atoms with van der Waals surface area (Å²) >= 11 is 0. The van der Waals surface area contributed by atoms with E-state index in [0.29, 0.717) is 29.4 Å². The van der Waals surface area contributed by atoms with Crippen molar-refractivity contribution in [2.24, 2.45) is 5.92 Å². The van der Waals surface area contributed by atoms with Gasteiger partial charge in [0.15, 0.2) is 5.69 Å². The number of nitrogens with zero attached hydrogens (tertiary/aromatic N) is 5. The summed E-state index contributed by atoms with van der Waals surface area (Å²) in [5.41, 5.74) is 1.41. The molecule has 4 heterocycles. The highest BCUT2D eigenvalue weighted by Crippen LogP contribution is 2.40. The van der Waals surface area contributed by atoms with Gasteiger partial charge in [-0.15, -0.1) is 0 Å². The van der Waals surface area contributed by atoms with E-state index in [2.05, 4.69) is 25.3 Å². The minimum Gasteiger partial charge on any atom is -0.364 e. The molecular formula is C23H21F3N6O. The molecule has 7 nitrogen and oxygen atoms in total. The number of aromatic nitrogens is 4. The number of alkyl halides is 3. The fourth-order valence-corrected chi connectivity index (χ4v) is 4.73. The zero-order valence-corrected chi connectivity index (χ0v) is 17.8. The summed E-state index contributed by atoms with van der Waals surface area (Å²) in [5.74, 6) is 0.454. The van der Waals surface area contributed by atoms with E-state index < -0.39 is 11.9 Å². The van der Waals surface area contributed by atoms with Crippen molar-refractivity contribution in [3.8, 4) is 11.4 Å². The summed E-state index contributed by atoms with van der Waals surface area (Å²) in [6.45, 7) is 2.50. The highest BCUT2D eigenvalue weighted by Gasteiger charge is 2.47. The van der Waals surface area contributed by atoms with Crippen LogP contribution in [0, 0.1) is 12.8 Å². The van der Waals surface area contributed by atoms with Crippen molar-refractivity contribution < 1.29 is 18.0 Å². The van der Waals surface area contributed by atoms with Gasteiger partial charge in [0.2, 0.25) is 0 Å². The first kappa shape index (κ1) is 21.3. The average molecular weight is 454 g/mol. The zero-order chi connectivity index (χ0) is 23.2. The van der Waals surface area contributed by atoms with Gasteiger partial charge in [0, 0.05) is 24.5 Å². The Morgan fingerprint density at radius 2 is 1.94 bits per heavy atom. The first-order valence-corrected chi connectivity index (χ1v) is 10.7. The van der Waals surface area contributed by atoms with E-state index in [1.165, 1.54) is 0 Å². The Hall–Kier alpha value is -3.56. The molecule has 0 aromatic carbocycles. The SMILES string of the molecule is Cc1ccc(C(=O)N2C[C@H]3C[C@@H](Nc4cnc(C(F)(F)F)cn4)[C@@H]2C3)c(-c2ccccn2)n1. The van der Waals surface area contributed by atoms with Crippen LogP contribution in [0.1, 0.15) is 34.6 Å². The van der Waals surface area contributed by atoms with Crippen molar-refractivity contribution >= 4 is 11.7 Å². The molecule has 1 N–H and O–H groups in total. The number of anilines is 1. The van der Waals surface area contributed by atoms with E-state index >= 15 is 0 Å². The fraction of sp³-hybridized carbons (Fsp3) is 0.348. The van der Waals surface area contributed by atoms with Crippen molar-refractivity contribution in [3.63, 3.8) is 0 Å². The molecule has 1 saturated carbocycles. The van der Waals surface area contributed by atoms with E-state index in [1.54, 1.807) is 18.3 Å². The third-order valence-electron chi connectivity index (χ3n) is 6.19. The van der Waals surface area contributed by atoms with Crippen molar-refractivity contribution in [1.82, 2.24) is 24.8 Å². The van der Waals surface area contributed by atoms with Crippen LogP contribution in [-0.2, 0) is 6.18 Å². The second-order valence-electron chi connectivity index (χ2n) is 8.46. The zero-order valence-electron chi connectivity index (χ0n) is 17.8. The number of nitrogens with one attached hydrogen (secondary N) is 1. The smallest absolute Gasteiger partial charge is 0.364 e. The molecule has 3 aromatic heterocycles. The van der Waals surface area contributed by atoms with Crippen LogP contribution >= 0.6 is 0 Å². The number of rotatable bonds is 4. The van der Waals surface area contributed by atoms with Gasteiger partial charge in [-0.05, 0) is 49.9 Å². The topological polar surface area (TPSA) is 83.9 Å². The lowest BCUT2D eigenvalue weighted by Gasteiger charge is -2.34. The third-order valence-corrected chi connectivity index (χ3v) is 6.19. The van der Waals surface area contributed by atoms with Crippen LogP contribution in [0.25, 0.3) is 11.4 Å². The summed E-state index contributed by atoms with van der Waals surface area (Å²) in [4.78, 5) is 31.7. The van der Waals surface area contributed by atoms with Crippen molar-refractivity contribution in [2.45, 2.75) is 38.0 Å². The van der Waals surface area contributed by atoms with Gasteiger partial charge in [-0.1, -0.05) is 6.07 Å². The van der Waals surface area contributed by atoms with E-state index in [9.17, 15) is 18.0 Å². The number of aryl methyl sites for hydroxylation is 1. The summed E-state index contributed by atoms with van der Waals surface area (Å²) < 4.78 is 38.3. The number of likely N-dealkylation sites (tertiary alicyclic amines) is 1. The van der Waals surface area contributed by atoms with Crippen LogP contribution < -0.4 is 5.32 Å². The number of carbonyl (C=O) groups is 1. The van der Waals surface area contributed by atoms with E-state index in [0.717, 1.165) is 30.9 Å². The Labute approximate surface area is 188 Å². The van der Waals surface area contributed by atoms with Gasteiger partial charge in [-0.25, -0.2) is 9.97 Å². The molecule has 5 rings (SSSR count). The number of pyridine rings is 2. The lowest BCUT2D eigenvalue weighted by Crippen LogP contribution is -2.48. The Bertz CT molecular complexity index is 1170. The molecule has 33 heavy (non-hydrogen) atoms. The second-order valence-corrected chi connectivity index (χ2v) is 8.46. The number of piperidine rings is 1. The number of amides is 1. The number of halogens is 3. The molecule has 2 bridgehead atoms. The van der Waals surface area contributed by atoms with Gasteiger partial charge >= 0.3 is 6.18 Å². The Morgan fingerprint density at radius 1 is 1.09 bits per heavy atom. The normalized spacial score (nSPS) is 21.9. The van der Waals surface area contributed by atoms with Gasteiger partial charge < -0.3 is 10.2 Å². The molecule has 0 radical (unpaired) electrons. The van der Waals surface area contributed by atoms with Crippen molar-refractivity contribution in [3.05, 3.63) is 65.9 Å². The summed E-state index contributed by atoms with van der Waals surface area (Å²) in [7, 11) is 0. The number of carbonyl (C=O) groups excluding carboxylic acids is 1. The monoisotopic (exact) mass is 454 g/mol. The first-order chi connectivity index (χ1) is 15.8. The summed E-state index contributed by atoms with van der Waals surface area (Å²) in [6.07, 6.45) is 0.580. The lowest BCUT2D eigenvalue weighted by atomic mass is 10.0. The maximum Gasteiger partial charge on any atom is 0.434 e. The Kier molecular flexibility index (Phi) is 5.22. The van der Waals surface area contributed by atoms with Crippen LogP contribution in [0.2, 0.25) is 0 Å². The minimum atomic E-state index is -4.53. The summed E-state index contributed by atoms with van der Waals surface area (Å²) in [6, 6.07) is 8.86. The number of fused-ring (bicyclic) bond motifs is 2. The quantitative estimate of drug-likeness (QED) is 0.642. The molecule has 1 amide bonds. The van der Waals surface area contributed by atoms with E-state index in [4.69, 9.17) is 0 Å². The van der Waals surface area contributed by atoms with E-state index in [-0.39, 0.29) is 23.8 Å². The molecule has 10 heteroatoms. The standard InChI is InChI=1S/C23H21F3N6O/c1-13-5-6-15(21(30-13)16-4-2-3-7-27-16)22(33)32-12-14-8-17(18(32)9-14)31-20-11-28-19(10-29-20)23(24,25)26/h2-7,10-11,14,17-18H,8-9,12H2,1H3,(H,29,31)/t14-,17+,18-/m0/s1. The molecule has 1 saturated heterocycles. The molecule has 2 fully saturated rings. The molecule has 0 unspecified atom stereocenters. The number of hydrogen-bond acceptors (Lipinski definition) is 6. The van der Waals surface area contributed by atoms with Gasteiger partial charge in [0.1, 0.15) is 11.5 Å². The summed E-state index contributed by atoms with van der Waals surface area (Å²) in [5, 5.41) is 3.18. The maximum atomic E-state index is 13.6. The molecule has 1 aliphatic heterocycles. The molecule has 0 spiro atoms. The molecular weight excluding hydrogens is 433 g/mol. The Morgan fingerprint density at radius 3 is 2.61 bits per heavy atom. The highest BCUT2D eigenvalue weighted by atomic mass is 19.4. The minimum absolute atomic E-state index is 0.0931. The molecule has 1 aliphatic carbocycles. The van der Waals surface area contributed by atoms with Crippen molar-refractivity contribution in [1.29, 1.82) is 0 Å².